The molecule has 0 saturated carbocycles. The Hall–Kier alpha value is -2.50. The molecule has 0 atom stereocenters. The van der Waals surface area contributed by atoms with E-state index in [9.17, 15) is 9.90 Å². The maximum absolute atomic E-state index is 12.0. The number of hydrogen-bond donors (Lipinski definition) is 2. The van der Waals surface area contributed by atoms with Crippen molar-refractivity contribution >= 4 is 45.8 Å². The number of phenols is 1. The summed E-state index contributed by atoms with van der Waals surface area (Å²) in [5.74, 6) is -0.137. The van der Waals surface area contributed by atoms with Gasteiger partial charge in [0.1, 0.15) is 0 Å². The number of aromatic nitrogens is 1. The zero-order chi connectivity index (χ0) is 17.7. The van der Waals surface area contributed by atoms with E-state index in [-0.39, 0.29) is 21.8 Å². The Morgan fingerprint density at radius 1 is 1.16 bits per heavy atom. The average molecular weight is 374 g/mol. The lowest BCUT2D eigenvalue weighted by Gasteiger charge is -2.26. The summed E-state index contributed by atoms with van der Waals surface area (Å²) in [6, 6.07) is 8.87. The number of phenolic OH excluding ortho intramolecular Hbond substituents is 1. The summed E-state index contributed by atoms with van der Waals surface area (Å²) in [5, 5.41) is 13.9. The number of nitrogens with zero attached hydrogens (tertiary/aromatic N) is 2. The van der Waals surface area contributed by atoms with Gasteiger partial charge in [-0.15, -0.1) is 0 Å². The Kier molecular flexibility index (Phi) is 3.71. The van der Waals surface area contributed by atoms with E-state index >= 15 is 0 Å². The zero-order valence-electron chi connectivity index (χ0n) is 13.2. The van der Waals surface area contributed by atoms with Gasteiger partial charge in [-0.05, 0) is 35.4 Å². The van der Waals surface area contributed by atoms with Gasteiger partial charge in [0.25, 0.3) is 0 Å². The molecule has 4 rings (SSSR count). The monoisotopic (exact) mass is 373 g/mol. The van der Waals surface area contributed by atoms with Gasteiger partial charge in [-0.1, -0.05) is 29.3 Å². The lowest BCUT2D eigenvalue weighted by Crippen LogP contribution is -2.35. The summed E-state index contributed by atoms with van der Waals surface area (Å²) in [6.45, 7) is 0.505. The van der Waals surface area contributed by atoms with Gasteiger partial charge < -0.3 is 15.3 Å². The van der Waals surface area contributed by atoms with Gasteiger partial charge in [0.05, 0.1) is 27.8 Å². The fourth-order valence-corrected chi connectivity index (χ4v) is 3.43. The lowest BCUT2D eigenvalue weighted by molar-refractivity contribution is 0.218. The van der Waals surface area contributed by atoms with Crippen LogP contribution in [0.25, 0.3) is 22.0 Å². The van der Waals surface area contributed by atoms with E-state index in [4.69, 9.17) is 23.2 Å². The molecule has 0 bridgehead atoms. The van der Waals surface area contributed by atoms with Gasteiger partial charge in [-0.25, -0.2) is 4.79 Å². The fourth-order valence-electron chi connectivity index (χ4n) is 2.94. The zero-order valence-corrected chi connectivity index (χ0v) is 14.7. The van der Waals surface area contributed by atoms with Crippen molar-refractivity contribution in [2.75, 3.05) is 12.4 Å². The van der Waals surface area contributed by atoms with Gasteiger partial charge in [0.15, 0.2) is 5.75 Å². The van der Waals surface area contributed by atoms with Crippen LogP contribution in [0, 0.1) is 0 Å². The second kappa shape index (κ2) is 5.79. The normalized spacial score (nSPS) is 13.7. The largest absolute Gasteiger partial charge is 0.505 e. The molecule has 2 amide bonds. The van der Waals surface area contributed by atoms with E-state index in [1.165, 1.54) is 0 Å². The lowest BCUT2D eigenvalue weighted by atomic mass is 10.0. The molecule has 126 valence electrons. The third-order valence-electron chi connectivity index (χ3n) is 4.28. The highest BCUT2D eigenvalue weighted by atomic mass is 35.5. The maximum atomic E-state index is 12.0. The van der Waals surface area contributed by atoms with E-state index in [0.717, 1.165) is 33.3 Å². The number of halogens is 2. The maximum Gasteiger partial charge on any atom is 0.321 e. The quantitative estimate of drug-likeness (QED) is 0.637. The molecule has 2 N–H and O–H groups in total. The third kappa shape index (κ3) is 2.65. The molecule has 1 aliphatic heterocycles. The molecule has 0 spiro atoms. The number of amides is 2. The number of carbonyl (C=O) groups is 1. The molecule has 0 fully saturated rings. The second-order valence-corrected chi connectivity index (χ2v) is 6.78. The molecule has 0 unspecified atom stereocenters. The topological polar surface area (TPSA) is 65.5 Å². The number of rotatable bonds is 1. The van der Waals surface area contributed by atoms with Crippen LogP contribution in [0.15, 0.2) is 36.5 Å². The van der Waals surface area contributed by atoms with Crippen LogP contribution < -0.4 is 5.32 Å². The smallest absolute Gasteiger partial charge is 0.321 e. The first-order valence-corrected chi connectivity index (χ1v) is 8.32. The highest BCUT2D eigenvalue weighted by molar-refractivity contribution is 6.37. The summed E-state index contributed by atoms with van der Waals surface area (Å²) in [6.07, 6.45) is 1.78. The highest BCUT2D eigenvalue weighted by Crippen LogP contribution is 2.38. The van der Waals surface area contributed by atoms with Crippen LogP contribution in [0.3, 0.4) is 0 Å². The number of pyridine rings is 1. The molecule has 3 aromatic rings. The molecular formula is C18H13Cl2N3O2. The van der Waals surface area contributed by atoms with Crippen LogP contribution in [0.2, 0.25) is 10.0 Å². The van der Waals surface area contributed by atoms with Gasteiger partial charge in [-0.3, -0.25) is 4.98 Å². The van der Waals surface area contributed by atoms with Crippen molar-refractivity contribution in [2.45, 2.75) is 6.54 Å². The SMILES string of the molecule is CN1Cc2cnc3ccc(-c4cc(Cl)c(O)c(Cl)c4)cc3c2NC1=O. The van der Waals surface area contributed by atoms with Crippen molar-refractivity contribution in [3.63, 3.8) is 0 Å². The van der Waals surface area contributed by atoms with Crippen LogP contribution in [-0.2, 0) is 6.54 Å². The first-order chi connectivity index (χ1) is 11.9. The van der Waals surface area contributed by atoms with E-state index < -0.39 is 0 Å². The van der Waals surface area contributed by atoms with Gasteiger partial charge >= 0.3 is 6.03 Å². The van der Waals surface area contributed by atoms with E-state index in [2.05, 4.69) is 10.3 Å². The molecular weight excluding hydrogens is 361 g/mol. The number of fused-ring (bicyclic) bond motifs is 3. The van der Waals surface area contributed by atoms with E-state index in [0.29, 0.717) is 6.54 Å². The number of aromatic hydroxyl groups is 1. The Bertz CT molecular complexity index is 1010. The van der Waals surface area contributed by atoms with Crippen LogP contribution in [0.1, 0.15) is 5.56 Å². The summed E-state index contributed by atoms with van der Waals surface area (Å²) in [7, 11) is 1.74. The summed E-state index contributed by atoms with van der Waals surface area (Å²) < 4.78 is 0. The van der Waals surface area contributed by atoms with Gasteiger partial charge in [-0.2, -0.15) is 0 Å². The first-order valence-electron chi connectivity index (χ1n) is 7.56. The predicted molar refractivity (Wildman–Crippen MR) is 99.3 cm³/mol. The van der Waals surface area contributed by atoms with Gasteiger partial charge in [0.2, 0.25) is 0 Å². The Balaban J connectivity index is 1.91. The van der Waals surface area contributed by atoms with E-state index in [1.54, 1.807) is 30.3 Å². The molecule has 7 heteroatoms. The Labute approximate surface area is 153 Å². The third-order valence-corrected chi connectivity index (χ3v) is 4.86. The van der Waals surface area contributed by atoms with Gasteiger partial charge in [0, 0.05) is 24.2 Å². The standard InChI is InChI=1S/C18H13Cl2N3O2/c1-23-8-11-7-21-15-3-2-9(4-12(15)16(11)22-18(23)25)10-5-13(19)17(24)14(20)6-10/h2-7,24H,8H2,1H3,(H,22,25). The minimum absolute atomic E-state index is 0.137. The van der Waals surface area contributed by atoms with Crippen molar-refractivity contribution in [3.05, 3.63) is 52.1 Å². The minimum Gasteiger partial charge on any atom is -0.505 e. The number of benzene rings is 2. The van der Waals surface area contributed by atoms with Crippen molar-refractivity contribution in [2.24, 2.45) is 0 Å². The molecule has 5 nitrogen and oxygen atoms in total. The molecule has 0 aliphatic carbocycles. The van der Waals surface area contributed by atoms with Crippen molar-refractivity contribution < 1.29 is 9.90 Å². The summed E-state index contributed by atoms with van der Waals surface area (Å²) >= 11 is 12.1. The summed E-state index contributed by atoms with van der Waals surface area (Å²) in [5.41, 5.74) is 4.13. The Morgan fingerprint density at radius 2 is 1.88 bits per heavy atom. The van der Waals surface area contributed by atoms with Crippen molar-refractivity contribution in [1.29, 1.82) is 0 Å². The molecule has 2 aromatic carbocycles. The van der Waals surface area contributed by atoms with Crippen LogP contribution in [-0.4, -0.2) is 28.1 Å². The van der Waals surface area contributed by atoms with Crippen LogP contribution in [0.4, 0.5) is 10.5 Å². The van der Waals surface area contributed by atoms with Crippen molar-refractivity contribution in [3.8, 4) is 16.9 Å². The Morgan fingerprint density at radius 3 is 2.60 bits per heavy atom. The number of anilines is 1. The molecule has 1 aliphatic rings. The number of hydrogen-bond acceptors (Lipinski definition) is 3. The average Bonchev–Trinajstić information content (AvgIpc) is 2.60. The number of urea groups is 1. The molecule has 0 radical (unpaired) electrons. The van der Waals surface area contributed by atoms with Crippen LogP contribution >= 0.6 is 23.2 Å². The minimum atomic E-state index is -0.152. The molecule has 1 aromatic heterocycles. The van der Waals surface area contributed by atoms with Crippen LogP contribution in [0.5, 0.6) is 5.75 Å². The molecule has 2 heterocycles. The molecule has 0 saturated heterocycles. The molecule has 25 heavy (non-hydrogen) atoms. The predicted octanol–water partition coefficient (Wildman–Crippen LogP) is 4.89. The highest BCUT2D eigenvalue weighted by Gasteiger charge is 2.22. The first kappa shape index (κ1) is 16.0. The van der Waals surface area contributed by atoms with Crippen molar-refractivity contribution in [1.82, 2.24) is 9.88 Å². The summed E-state index contributed by atoms with van der Waals surface area (Å²) in [4.78, 5) is 18.1. The van der Waals surface area contributed by atoms with E-state index in [1.807, 2.05) is 18.2 Å². The number of nitrogens with one attached hydrogen (secondary N) is 1. The second-order valence-electron chi connectivity index (χ2n) is 5.97. The fraction of sp³-hybridized carbons (Fsp3) is 0.111. The number of carbonyl (C=O) groups excluding carboxylic acids is 1.